The summed E-state index contributed by atoms with van der Waals surface area (Å²) in [6.45, 7) is 6.07. The smallest absolute Gasteiger partial charge is 0.103 e. The first kappa shape index (κ1) is 12.5. The Bertz CT molecular complexity index is 409. The lowest BCUT2D eigenvalue weighted by molar-refractivity contribution is 0.183. The average molecular weight is 219 g/mol. The van der Waals surface area contributed by atoms with E-state index in [1.165, 1.54) is 0 Å². The van der Waals surface area contributed by atoms with Gasteiger partial charge < -0.3 is 10.4 Å². The molecule has 1 aromatic heterocycles. The van der Waals surface area contributed by atoms with Crippen LogP contribution in [0.15, 0.2) is 6.07 Å². The molecule has 1 atom stereocenters. The van der Waals surface area contributed by atoms with Crippen LogP contribution in [-0.2, 0) is 0 Å². The third-order valence-electron chi connectivity index (χ3n) is 2.44. The standard InChI is InChI=1S/C12H17N3O/c1-4-10(16)7-14-12-5-8(2)15-9(3)11(12)6-13/h5,10,16H,4,7H2,1-3H3,(H,14,15). The van der Waals surface area contributed by atoms with Crippen LogP contribution in [0.2, 0.25) is 0 Å². The highest BCUT2D eigenvalue weighted by Gasteiger charge is 2.08. The second-order valence-corrected chi connectivity index (χ2v) is 3.83. The van der Waals surface area contributed by atoms with Gasteiger partial charge in [-0.25, -0.2) is 0 Å². The summed E-state index contributed by atoms with van der Waals surface area (Å²) in [6, 6.07) is 3.95. The van der Waals surface area contributed by atoms with Gasteiger partial charge in [-0.15, -0.1) is 0 Å². The third-order valence-corrected chi connectivity index (χ3v) is 2.44. The van der Waals surface area contributed by atoms with Gasteiger partial charge in [-0.05, 0) is 26.3 Å². The van der Waals surface area contributed by atoms with E-state index in [4.69, 9.17) is 5.26 Å². The van der Waals surface area contributed by atoms with Crippen LogP contribution in [0.4, 0.5) is 5.69 Å². The van der Waals surface area contributed by atoms with E-state index in [1.54, 1.807) is 0 Å². The highest BCUT2D eigenvalue weighted by molar-refractivity contribution is 5.59. The maximum Gasteiger partial charge on any atom is 0.103 e. The Morgan fingerprint density at radius 3 is 2.81 bits per heavy atom. The zero-order valence-corrected chi connectivity index (χ0v) is 9.91. The Balaban J connectivity index is 2.91. The number of pyridine rings is 1. The number of nitriles is 1. The van der Waals surface area contributed by atoms with Gasteiger partial charge in [0, 0.05) is 12.2 Å². The van der Waals surface area contributed by atoms with Crippen molar-refractivity contribution >= 4 is 5.69 Å². The van der Waals surface area contributed by atoms with Crippen molar-refractivity contribution in [2.75, 3.05) is 11.9 Å². The Kier molecular flexibility index (Phi) is 4.27. The molecule has 0 aliphatic rings. The Hall–Kier alpha value is -1.60. The van der Waals surface area contributed by atoms with E-state index >= 15 is 0 Å². The Morgan fingerprint density at radius 2 is 2.25 bits per heavy atom. The molecule has 1 rings (SSSR count). The van der Waals surface area contributed by atoms with Crippen molar-refractivity contribution < 1.29 is 5.11 Å². The van der Waals surface area contributed by atoms with Crippen molar-refractivity contribution in [2.45, 2.75) is 33.3 Å². The Labute approximate surface area is 95.9 Å². The fourth-order valence-corrected chi connectivity index (χ4v) is 1.48. The predicted octanol–water partition coefficient (Wildman–Crippen LogP) is 1.75. The van der Waals surface area contributed by atoms with E-state index in [-0.39, 0.29) is 6.10 Å². The van der Waals surface area contributed by atoms with Crippen LogP contribution in [-0.4, -0.2) is 22.7 Å². The van der Waals surface area contributed by atoms with Gasteiger partial charge in [-0.1, -0.05) is 6.92 Å². The topological polar surface area (TPSA) is 68.9 Å². The summed E-state index contributed by atoms with van der Waals surface area (Å²) < 4.78 is 0. The summed E-state index contributed by atoms with van der Waals surface area (Å²) in [4.78, 5) is 4.23. The number of aliphatic hydroxyl groups excluding tert-OH is 1. The number of aryl methyl sites for hydroxylation is 2. The zero-order valence-electron chi connectivity index (χ0n) is 9.91. The van der Waals surface area contributed by atoms with Gasteiger partial charge in [-0.2, -0.15) is 5.26 Å². The fraction of sp³-hybridized carbons (Fsp3) is 0.500. The summed E-state index contributed by atoms with van der Waals surface area (Å²) in [6.07, 6.45) is 0.304. The van der Waals surface area contributed by atoms with Gasteiger partial charge in [0.15, 0.2) is 0 Å². The quantitative estimate of drug-likeness (QED) is 0.809. The third kappa shape index (κ3) is 2.94. The highest BCUT2D eigenvalue weighted by atomic mass is 16.3. The summed E-state index contributed by atoms with van der Waals surface area (Å²) >= 11 is 0. The molecule has 0 spiro atoms. The largest absolute Gasteiger partial charge is 0.391 e. The SMILES string of the molecule is CCC(O)CNc1cc(C)nc(C)c1C#N. The first-order valence-corrected chi connectivity index (χ1v) is 5.38. The number of hydrogen-bond acceptors (Lipinski definition) is 4. The molecule has 0 saturated heterocycles. The number of hydrogen-bond donors (Lipinski definition) is 2. The molecule has 86 valence electrons. The molecule has 4 heteroatoms. The van der Waals surface area contributed by atoms with Crippen LogP contribution >= 0.6 is 0 Å². The van der Waals surface area contributed by atoms with E-state index in [0.29, 0.717) is 18.5 Å². The van der Waals surface area contributed by atoms with Gasteiger partial charge in [0.2, 0.25) is 0 Å². The lowest BCUT2D eigenvalue weighted by atomic mass is 10.1. The minimum Gasteiger partial charge on any atom is -0.391 e. The van der Waals surface area contributed by atoms with E-state index < -0.39 is 0 Å². The molecule has 1 heterocycles. The first-order chi connectivity index (χ1) is 7.58. The van der Waals surface area contributed by atoms with Crippen molar-refractivity contribution in [1.29, 1.82) is 5.26 Å². The van der Waals surface area contributed by atoms with Gasteiger partial charge in [0.25, 0.3) is 0 Å². The molecular formula is C12H17N3O. The molecule has 0 amide bonds. The number of anilines is 1. The molecule has 1 aromatic rings. The van der Waals surface area contributed by atoms with Crippen molar-refractivity contribution in [2.24, 2.45) is 0 Å². The van der Waals surface area contributed by atoms with Gasteiger partial charge in [0.05, 0.1) is 23.0 Å². The maximum absolute atomic E-state index is 9.46. The molecule has 0 aromatic carbocycles. The van der Waals surface area contributed by atoms with Crippen molar-refractivity contribution in [3.63, 3.8) is 0 Å². The van der Waals surface area contributed by atoms with Crippen LogP contribution in [0.1, 0.15) is 30.3 Å². The molecule has 0 bridgehead atoms. The van der Waals surface area contributed by atoms with Crippen molar-refractivity contribution in [3.8, 4) is 6.07 Å². The minimum absolute atomic E-state index is 0.389. The monoisotopic (exact) mass is 219 g/mol. The minimum atomic E-state index is -0.389. The summed E-state index contributed by atoms with van der Waals surface area (Å²) in [5, 5.41) is 21.6. The van der Waals surface area contributed by atoms with Crippen LogP contribution in [0.25, 0.3) is 0 Å². The molecule has 1 unspecified atom stereocenters. The lowest BCUT2D eigenvalue weighted by Gasteiger charge is -2.13. The zero-order chi connectivity index (χ0) is 12.1. The number of nitrogens with one attached hydrogen (secondary N) is 1. The summed E-state index contributed by atoms with van der Waals surface area (Å²) in [5.74, 6) is 0. The molecule has 0 fully saturated rings. The predicted molar refractivity (Wildman–Crippen MR) is 63.2 cm³/mol. The summed E-state index contributed by atoms with van der Waals surface area (Å²) in [5.41, 5.74) is 2.88. The maximum atomic E-state index is 9.46. The van der Waals surface area contributed by atoms with Crippen LogP contribution in [0.5, 0.6) is 0 Å². The van der Waals surface area contributed by atoms with Crippen LogP contribution in [0.3, 0.4) is 0 Å². The average Bonchev–Trinajstić information content (AvgIpc) is 2.25. The van der Waals surface area contributed by atoms with Gasteiger partial charge in [-0.3, -0.25) is 4.98 Å². The van der Waals surface area contributed by atoms with Crippen molar-refractivity contribution in [3.05, 3.63) is 23.0 Å². The molecular weight excluding hydrogens is 202 g/mol. The Morgan fingerprint density at radius 1 is 1.56 bits per heavy atom. The normalized spacial score (nSPS) is 11.9. The molecule has 0 radical (unpaired) electrons. The molecule has 0 aliphatic carbocycles. The van der Waals surface area contributed by atoms with Crippen molar-refractivity contribution in [1.82, 2.24) is 4.98 Å². The molecule has 0 aliphatic heterocycles. The first-order valence-electron chi connectivity index (χ1n) is 5.38. The van der Waals surface area contributed by atoms with Crippen LogP contribution < -0.4 is 5.32 Å². The molecule has 0 saturated carbocycles. The number of rotatable bonds is 4. The molecule has 16 heavy (non-hydrogen) atoms. The number of aromatic nitrogens is 1. The highest BCUT2D eigenvalue weighted by Crippen LogP contribution is 2.18. The van der Waals surface area contributed by atoms with Gasteiger partial charge >= 0.3 is 0 Å². The second-order valence-electron chi connectivity index (χ2n) is 3.83. The molecule has 2 N–H and O–H groups in total. The van der Waals surface area contributed by atoms with E-state index in [2.05, 4.69) is 16.4 Å². The van der Waals surface area contributed by atoms with Crippen LogP contribution in [0, 0.1) is 25.2 Å². The summed E-state index contributed by atoms with van der Waals surface area (Å²) in [7, 11) is 0. The fourth-order valence-electron chi connectivity index (χ4n) is 1.48. The van der Waals surface area contributed by atoms with E-state index in [0.717, 1.165) is 17.1 Å². The number of aliphatic hydroxyl groups is 1. The number of nitrogens with zero attached hydrogens (tertiary/aromatic N) is 2. The van der Waals surface area contributed by atoms with E-state index in [9.17, 15) is 5.11 Å². The molecule has 4 nitrogen and oxygen atoms in total. The van der Waals surface area contributed by atoms with Gasteiger partial charge in [0.1, 0.15) is 6.07 Å². The lowest BCUT2D eigenvalue weighted by Crippen LogP contribution is -2.19. The second kappa shape index (κ2) is 5.47. The van der Waals surface area contributed by atoms with E-state index in [1.807, 2.05) is 26.8 Å².